The molecule has 0 radical (unpaired) electrons. The molecule has 6 heteroatoms. The summed E-state index contributed by atoms with van der Waals surface area (Å²) in [5.41, 5.74) is 0.988. The molecule has 0 aliphatic carbocycles. The summed E-state index contributed by atoms with van der Waals surface area (Å²) in [5, 5.41) is 39.1. The van der Waals surface area contributed by atoms with Gasteiger partial charge in [-0.15, -0.1) is 0 Å². The van der Waals surface area contributed by atoms with Gasteiger partial charge in [0, 0.05) is 30.3 Å². The fraction of sp³-hybridized carbons (Fsp3) is 0.368. The van der Waals surface area contributed by atoms with Crippen LogP contribution in [-0.4, -0.2) is 13.7 Å². The molecule has 0 aromatic heterocycles. The lowest BCUT2D eigenvalue weighted by Gasteiger charge is -2.15. The second kappa shape index (κ2) is 10.3. The molecule has 1 rings (SSSR count). The van der Waals surface area contributed by atoms with Gasteiger partial charge in [-0.05, 0) is 30.9 Å². The molecule has 126 valence electrons. The Labute approximate surface area is 148 Å². The predicted molar refractivity (Wildman–Crippen MR) is 93.9 cm³/mol. The SMILES string of the molecule is COc1cc(NCC(C)CCCC#N)ccc1C(C#N)=C(C#N)C#N. The molecule has 1 aromatic carbocycles. The van der Waals surface area contributed by atoms with Gasteiger partial charge in [-0.3, -0.25) is 0 Å². The molecule has 0 saturated carbocycles. The summed E-state index contributed by atoms with van der Waals surface area (Å²) in [6.45, 7) is 2.86. The van der Waals surface area contributed by atoms with E-state index < -0.39 is 0 Å². The van der Waals surface area contributed by atoms with Crippen molar-refractivity contribution in [3.8, 4) is 30.0 Å². The number of nitrogens with zero attached hydrogens (tertiary/aromatic N) is 4. The van der Waals surface area contributed by atoms with Gasteiger partial charge < -0.3 is 10.1 Å². The maximum Gasteiger partial charge on any atom is 0.148 e. The van der Waals surface area contributed by atoms with Gasteiger partial charge in [-0.1, -0.05) is 6.92 Å². The van der Waals surface area contributed by atoms with E-state index in [-0.39, 0.29) is 11.1 Å². The lowest BCUT2D eigenvalue weighted by Crippen LogP contribution is -2.11. The van der Waals surface area contributed by atoms with Gasteiger partial charge in [0.15, 0.2) is 0 Å². The lowest BCUT2D eigenvalue weighted by atomic mass is 10.0. The Morgan fingerprint density at radius 3 is 2.44 bits per heavy atom. The number of hydrogen-bond acceptors (Lipinski definition) is 6. The van der Waals surface area contributed by atoms with Crippen molar-refractivity contribution in [1.29, 1.82) is 21.0 Å². The topological polar surface area (TPSA) is 116 Å². The van der Waals surface area contributed by atoms with Crippen LogP contribution in [0.5, 0.6) is 5.75 Å². The smallest absolute Gasteiger partial charge is 0.148 e. The minimum Gasteiger partial charge on any atom is -0.496 e. The number of methoxy groups -OCH3 is 1. The first-order valence-corrected chi connectivity index (χ1v) is 7.85. The van der Waals surface area contributed by atoms with Crippen molar-refractivity contribution in [3.63, 3.8) is 0 Å². The van der Waals surface area contributed by atoms with Crippen LogP contribution in [0.2, 0.25) is 0 Å². The molecule has 0 spiro atoms. The van der Waals surface area contributed by atoms with Crippen molar-refractivity contribution >= 4 is 11.3 Å². The van der Waals surface area contributed by atoms with E-state index in [0.717, 1.165) is 25.1 Å². The summed E-state index contributed by atoms with van der Waals surface area (Å²) < 4.78 is 5.31. The van der Waals surface area contributed by atoms with Crippen LogP contribution in [0, 0.1) is 51.2 Å². The highest BCUT2D eigenvalue weighted by Gasteiger charge is 2.14. The molecule has 0 aliphatic rings. The molecule has 1 unspecified atom stereocenters. The van der Waals surface area contributed by atoms with Gasteiger partial charge in [0.25, 0.3) is 0 Å². The Hall–Kier alpha value is -3.48. The quantitative estimate of drug-likeness (QED) is 0.572. The standard InChI is InChI=1S/C19H19N5O/c1-14(5-3-4-8-20)13-24-16-6-7-17(19(9-16)25-2)18(12-23)15(10-21)11-22/h6-7,9,14,24H,3-5,13H2,1-2H3. The van der Waals surface area contributed by atoms with E-state index >= 15 is 0 Å². The van der Waals surface area contributed by atoms with Crippen molar-refractivity contribution < 1.29 is 4.74 Å². The maximum atomic E-state index is 9.28. The average molecular weight is 333 g/mol. The molecule has 0 saturated heterocycles. The molecule has 6 nitrogen and oxygen atoms in total. The molecule has 1 aromatic rings. The number of ether oxygens (including phenoxy) is 1. The third-order valence-electron chi connectivity index (χ3n) is 3.70. The van der Waals surface area contributed by atoms with Crippen molar-refractivity contribution in [2.45, 2.75) is 26.2 Å². The third kappa shape index (κ3) is 5.58. The number of benzene rings is 1. The van der Waals surface area contributed by atoms with Crippen LogP contribution >= 0.6 is 0 Å². The summed E-state index contributed by atoms with van der Waals surface area (Å²) in [6, 6.07) is 12.7. The monoisotopic (exact) mass is 333 g/mol. The molecule has 0 aliphatic heterocycles. The van der Waals surface area contributed by atoms with Gasteiger partial charge in [-0.25, -0.2) is 0 Å². The van der Waals surface area contributed by atoms with Crippen LogP contribution < -0.4 is 10.1 Å². The second-order valence-electron chi connectivity index (χ2n) is 5.54. The number of nitrogens with one attached hydrogen (secondary N) is 1. The second-order valence-corrected chi connectivity index (χ2v) is 5.54. The molecular formula is C19H19N5O. The van der Waals surface area contributed by atoms with Crippen LogP contribution in [0.1, 0.15) is 31.7 Å². The highest BCUT2D eigenvalue weighted by atomic mass is 16.5. The molecule has 0 bridgehead atoms. The zero-order valence-electron chi connectivity index (χ0n) is 14.3. The number of rotatable bonds is 8. The number of nitriles is 4. The molecule has 0 fully saturated rings. The minimum atomic E-state index is -0.243. The first kappa shape index (κ1) is 19.6. The average Bonchev–Trinajstić information content (AvgIpc) is 2.64. The Balaban J connectivity index is 2.95. The highest BCUT2D eigenvalue weighted by molar-refractivity contribution is 5.87. The van der Waals surface area contributed by atoms with E-state index in [1.165, 1.54) is 7.11 Å². The molecule has 1 atom stereocenters. The lowest BCUT2D eigenvalue weighted by molar-refractivity contribution is 0.414. The van der Waals surface area contributed by atoms with Crippen molar-refractivity contribution in [2.24, 2.45) is 5.92 Å². The Morgan fingerprint density at radius 1 is 1.16 bits per heavy atom. The number of allylic oxidation sites excluding steroid dienone is 2. The first-order valence-electron chi connectivity index (χ1n) is 7.85. The summed E-state index contributed by atoms with van der Waals surface area (Å²) in [4.78, 5) is 0. The van der Waals surface area contributed by atoms with Gasteiger partial charge in [0.05, 0.1) is 18.8 Å². The molecule has 25 heavy (non-hydrogen) atoms. The largest absolute Gasteiger partial charge is 0.496 e. The zero-order chi connectivity index (χ0) is 18.7. The van der Waals surface area contributed by atoms with Crippen LogP contribution in [0.25, 0.3) is 5.57 Å². The molecule has 1 N–H and O–H groups in total. The summed E-state index contributed by atoms with van der Waals surface area (Å²) in [5.74, 6) is 0.832. The maximum absolute atomic E-state index is 9.28. The molecule has 0 amide bonds. The van der Waals surface area contributed by atoms with Crippen molar-refractivity contribution in [3.05, 3.63) is 29.3 Å². The Kier molecular flexibility index (Phi) is 8.08. The van der Waals surface area contributed by atoms with Crippen LogP contribution in [0.4, 0.5) is 5.69 Å². The van der Waals surface area contributed by atoms with Gasteiger partial charge in [0.2, 0.25) is 0 Å². The summed E-state index contributed by atoms with van der Waals surface area (Å²) >= 11 is 0. The van der Waals surface area contributed by atoms with Crippen LogP contribution in [0.15, 0.2) is 23.8 Å². The van der Waals surface area contributed by atoms with Gasteiger partial charge in [-0.2, -0.15) is 21.0 Å². The molecular weight excluding hydrogens is 314 g/mol. The fourth-order valence-corrected chi connectivity index (χ4v) is 2.32. The van der Waals surface area contributed by atoms with E-state index in [0.29, 0.717) is 23.7 Å². The van der Waals surface area contributed by atoms with Gasteiger partial charge in [0.1, 0.15) is 29.5 Å². The van der Waals surface area contributed by atoms with Gasteiger partial charge >= 0.3 is 0 Å². The zero-order valence-corrected chi connectivity index (χ0v) is 14.3. The number of unbranched alkanes of at least 4 members (excludes halogenated alkanes) is 1. The first-order chi connectivity index (χ1) is 12.1. The fourth-order valence-electron chi connectivity index (χ4n) is 2.32. The normalized spacial score (nSPS) is 10.3. The van der Waals surface area contributed by atoms with E-state index in [9.17, 15) is 5.26 Å². The van der Waals surface area contributed by atoms with E-state index in [2.05, 4.69) is 18.3 Å². The predicted octanol–water partition coefficient (Wildman–Crippen LogP) is 3.76. The van der Waals surface area contributed by atoms with E-state index in [4.69, 9.17) is 20.5 Å². The van der Waals surface area contributed by atoms with Crippen molar-refractivity contribution in [1.82, 2.24) is 0 Å². The highest BCUT2D eigenvalue weighted by Crippen LogP contribution is 2.30. The Morgan fingerprint density at radius 2 is 1.88 bits per heavy atom. The Bertz CT molecular complexity index is 783. The number of hydrogen-bond donors (Lipinski definition) is 1. The summed E-state index contributed by atoms with van der Waals surface area (Å²) in [7, 11) is 1.47. The van der Waals surface area contributed by atoms with E-state index in [1.54, 1.807) is 30.3 Å². The van der Waals surface area contributed by atoms with Crippen LogP contribution in [0.3, 0.4) is 0 Å². The van der Waals surface area contributed by atoms with Crippen LogP contribution in [-0.2, 0) is 0 Å². The third-order valence-corrected chi connectivity index (χ3v) is 3.70. The summed E-state index contributed by atoms with van der Waals surface area (Å²) in [6.07, 6.45) is 2.41. The van der Waals surface area contributed by atoms with Crippen molar-refractivity contribution in [2.75, 3.05) is 19.0 Å². The minimum absolute atomic E-state index is 0.00160. The van der Waals surface area contributed by atoms with E-state index in [1.807, 2.05) is 6.07 Å². The molecule has 0 heterocycles. The number of anilines is 1.